The summed E-state index contributed by atoms with van der Waals surface area (Å²) in [5, 5.41) is 12.4. The van der Waals surface area contributed by atoms with Gasteiger partial charge in [-0.05, 0) is 29.8 Å². The normalized spacial score (nSPS) is 14.1. The number of benzene rings is 2. The number of hydrogen-bond donors (Lipinski definition) is 2. The van der Waals surface area contributed by atoms with E-state index in [-0.39, 0.29) is 45.3 Å². The van der Waals surface area contributed by atoms with Crippen molar-refractivity contribution in [3.63, 3.8) is 0 Å². The maximum absolute atomic E-state index is 14.4. The number of halogens is 3. The van der Waals surface area contributed by atoms with Crippen molar-refractivity contribution in [3.8, 4) is 0 Å². The van der Waals surface area contributed by atoms with E-state index < -0.39 is 22.5 Å². The maximum atomic E-state index is 14.4. The molecule has 7 nitrogen and oxygen atoms in total. The van der Waals surface area contributed by atoms with Gasteiger partial charge in [-0.1, -0.05) is 46.7 Å². The van der Waals surface area contributed by atoms with Gasteiger partial charge in [0.15, 0.2) is 5.13 Å². The minimum atomic E-state index is -1.52. The molecule has 2 aromatic carbocycles. The lowest BCUT2D eigenvalue weighted by atomic mass is 10.1. The van der Waals surface area contributed by atoms with E-state index in [1.165, 1.54) is 17.0 Å². The van der Waals surface area contributed by atoms with Crippen molar-refractivity contribution in [2.24, 2.45) is 0 Å². The molecule has 1 atom stereocenters. The summed E-state index contributed by atoms with van der Waals surface area (Å²) < 4.78 is 26.3. The maximum Gasteiger partial charge on any atom is 0.270 e. The van der Waals surface area contributed by atoms with E-state index in [4.69, 9.17) is 28.3 Å². The van der Waals surface area contributed by atoms with Gasteiger partial charge in [0.05, 0.1) is 51.0 Å². The number of aliphatic hydroxyl groups is 1. The molecular formula is C22H18Cl2FN3O4S2. The SMILES string of the molecule is O=C(Cc1ccc(S(=O)CCO)cc1F)Nc1nc2c(s1)C(=O)N(c1cccc(Cl)c1Cl)CC2. The number of thiazole rings is 1. The smallest absolute Gasteiger partial charge is 0.270 e. The molecule has 1 aromatic heterocycles. The number of carbonyl (C=O) groups is 2. The molecule has 12 heteroatoms. The molecule has 1 aliphatic rings. The molecule has 2 amide bonds. The van der Waals surface area contributed by atoms with E-state index in [2.05, 4.69) is 10.3 Å². The zero-order valence-corrected chi connectivity index (χ0v) is 20.7. The van der Waals surface area contributed by atoms with Crippen molar-refractivity contribution in [2.45, 2.75) is 17.7 Å². The molecule has 0 fully saturated rings. The van der Waals surface area contributed by atoms with Crippen molar-refractivity contribution in [2.75, 3.05) is 29.1 Å². The minimum absolute atomic E-state index is 0.00759. The van der Waals surface area contributed by atoms with Gasteiger partial charge < -0.3 is 15.3 Å². The quantitative estimate of drug-likeness (QED) is 0.469. The summed E-state index contributed by atoms with van der Waals surface area (Å²) in [7, 11) is -1.52. The molecule has 0 radical (unpaired) electrons. The average Bonchev–Trinajstić information content (AvgIpc) is 3.21. The van der Waals surface area contributed by atoms with Crippen LogP contribution in [-0.4, -0.2) is 45.0 Å². The first kappa shape index (κ1) is 24.7. The first-order chi connectivity index (χ1) is 16.3. The topological polar surface area (TPSA) is 99.6 Å². The van der Waals surface area contributed by atoms with Gasteiger partial charge >= 0.3 is 0 Å². The second-order valence-corrected chi connectivity index (χ2v) is 10.7. The molecule has 0 saturated heterocycles. The fraction of sp³-hybridized carbons (Fsp3) is 0.227. The van der Waals surface area contributed by atoms with Crippen molar-refractivity contribution < 1.29 is 23.3 Å². The summed E-state index contributed by atoms with van der Waals surface area (Å²) in [4.78, 5) is 32.0. The lowest BCUT2D eigenvalue weighted by molar-refractivity contribution is -0.115. The third kappa shape index (κ3) is 5.16. The molecule has 1 unspecified atom stereocenters. The van der Waals surface area contributed by atoms with Crippen LogP contribution in [0.25, 0.3) is 0 Å². The van der Waals surface area contributed by atoms with E-state index in [0.717, 1.165) is 17.4 Å². The Morgan fingerprint density at radius 3 is 2.82 bits per heavy atom. The third-order valence-electron chi connectivity index (χ3n) is 5.09. The number of amides is 2. The van der Waals surface area contributed by atoms with Crippen LogP contribution in [0.5, 0.6) is 0 Å². The Balaban J connectivity index is 1.46. The van der Waals surface area contributed by atoms with Crippen molar-refractivity contribution in [3.05, 3.63) is 68.4 Å². The highest BCUT2D eigenvalue weighted by atomic mass is 35.5. The summed E-state index contributed by atoms with van der Waals surface area (Å²) in [5.74, 6) is -1.45. The van der Waals surface area contributed by atoms with Crippen LogP contribution in [0, 0.1) is 5.82 Å². The zero-order valence-electron chi connectivity index (χ0n) is 17.5. The Morgan fingerprint density at radius 1 is 1.29 bits per heavy atom. The Bertz CT molecular complexity index is 1300. The van der Waals surface area contributed by atoms with Crippen molar-refractivity contribution in [1.29, 1.82) is 0 Å². The molecule has 0 bridgehead atoms. The summed E-state index contributed by atoms with van der Waals surface area (Å²) in [5.41, 5.74) is 1.20. The van der Waals surface area contributed by atoms with Gasteiger partial charge in [0, 0.05) is 17.9 Å². The highest BCUT2D eigenvalue weighted by Gasteiger charge is 2.31. The number of aliphatic hydroxyl groups excluding tert-OH is 1. The van der Waals surface area contributed by atoms with E-state index in [9.17, 15) is 18.2 Å². The molecule has 2 heterocycles. The lowest BCUT2D eigenvalue weighted by Crippen LogP contribution is -2.37. The Morgan fingerprint density at radius 2 is 2.09 bits per heavy atom. The molecule has 1 aliphatic heterocycles. The van der Waals surface area contributed by atoms with Crippen LogP contribution >= 0.6 is 34.5 Å². The highest BCUT2D eigenvalue weighted by molar-refractivity contribution is 7.85. The summed E-state index contributed by atoms with van der Waals surface area (Å²) in [6.45, 7) is 0.0841. The van der Waals surface area contributed by atoms with Gasteiger partial charge in [0.25, 0.3) is 5.91 Å². The average molecular weight is 542 g/mol. The predicted octanol–water partition coefficient (Wildman–Crippen LogP) is 4.07. The second kappa shape index (κ2) is 10.5. The van der Waals surface area contributed by atoms with Gasteiger partial charge in [-0.3, -0.25) is 13.8 Å². The number of fused-ring (bicyclic) bond motifs is 1. The standard InChI is InChI=1S/C22H18Cl2FN3O4S2/c23-14-2-1-3-17(19(14)24)28-7-6-16-20(21(28)31)33-22(26-16)27-18(30)10-12-4-5-13(11-15(12)25)34(32)9-8-29/h1-5,11,29H,6-10H2,(H,26,27,30). The van der Waals surface area contributed by atoms with Gasteiger partial charge in [-0.15, -0.1) is 0 Å². The molecule has 0 saturated carbocycles. The van der Waals surface area contributed by atoms with Gasteiger partial charge in [0.1, 0.15) is 10.7 Å². The molecular weight excluding hydrogens is 524 g/mol. The Labute approximate surface area is 211 Å². The monoisotopic (exact) mass is 541 g/mol. The zero-order chi connectivity index (χ0) is 24.4. The van der Waals surface area contributed by atoms with Crippen LogP contribution in [0.15, 0.2) is 41.3 Å². The highest BCUT2D eigenvalue weighted by Crippen LogP contribution is 2.37. The fourth-order valence-corrected chi connectivity index (χ4v) is 5.70. The molecule has 4 rings (SSSR count). The van der Waals surface area contributed by atoms with E-state index >= 15 is 0 Å². The summed E-state index contributed by atoms with van der Waals surface area (Å²) >= 11 is 13.4. The van der Waals surface area contributed by atoms with Crippen LogP contribution in [0.1, 0.15) is 20.9 Å². The van der Waals surface area contributed by atoms with Gasteiger partial charge in [0.2, 0.25) is 5.91 Å². The third-order valence-corrected chi connectivity index (χ3v) is 8.24. The first-order valence-corrected chi connectivity index (χ1v) is 13.0. The number of nitrogens with one attached hydrogen (secondary N) is 1. The Kier molecular flexibility index (Phi) is 7.63. The van der Waals surface area contributed by atoms with Crippen LogP contribution in [0.3, 0.4) is 0 Å². The number of aromatic nitrogens is 1. The van der Waals surface area contributed by atoms with Crippen LogP contribution in [0.2, 0.25) is 10.0 Å². The van der Waals surface area contributed by atoms with E-state index in [0.29, 0.717) is 34.2 Å². The molecule has 3 aromatic rings. The van der Waals surface area contributed by atoms with Crippen LogP contribution in [-0.2, 0) is 28.4 Å². The predicted molar refractivity (Wildman–Crippen MR) is 131 cm³/mol. The largest absolute Gasteiger partial charge is 0.395 e. The summed E-state index contributed by atoms with van der Waals surface area (Å²) in [6, 6.07) is 9.01. The van der Waals surface area contributed by atoms with Crippen molar-refractivity contribution in [1.82, 2.24) is 4.98 Å². The number of hydrogen-bond acceptors (Lipinski definition) is 6. The number of rotatable bonds is 7. The lowest BCUT2D eigenvalue weighted by Gasteiger charge is -2.27. The van der Waals surface area contributed by atoms with Gasteiger partial charge in [-0.2, -0.15) is 0 Å². The van der Waals surface area contributed by atoms with Crippen LogP contribution < -0.4 is 10.2 Å². The number of nitrogens with zero attached hydrogens (tertiary/aromatic N) is 2. The van der Waals surface area contributed by atoms with E-state index in [1.54, 1.807) is 18.2 Å². The second-order valence-electron chi connectivity index (χ2n) is 7.33. The van der Waals surface area contributed by atoms with E-state index in [1.807, 2.05) is 0 Å². The Hall–Kier alpha value is -2.37. The molecule has 178 valence electrons. The number of carbonyl (C=O) groups excluding carboxylic acids is 2. The summed E-state index contributed by atoms with van der Waals surface area (Å²) in [6.07, 6.45) is 0.207. The minimum Gasteiger partial charge on any atom is -0.395 e. The fourth-order valence-electron chi connectivity index (χ4n) is 3.46. The number of anilines is 2. The molecule has 0 spiro atoms. The molecule has 2 N–H and O–H groups in total. The van der Waals surface area contributed by atoms with Crippen LogP contribution in [0.4, 0.5) is 15.2 Å². The molecule has 34 heavy (non-hydrogen) atoms. The molecule has 0 aliphatic carbocycles. The van der Waals surface area contributed by atoms with Gasteiger partial charge in [-0.25, -0.2) is 9.37 Å². The first-order valence-electron chi connectivity index (χ1n) is 10.1. The van der Waals surface area contributed by atoms with Crippen molar-refractivity contribution >= 4 is 68.0 Å².